The normalized spacial score (nSPS) is 10.5. The van der Waals surface area contributed by atoms with Gasteiger partial charge in [-0.05, 0) is 39.3 Å². The standard InChI is InChI=1S/C14H23N3O/c1-5-8-15-13-10-12(7-9-16-13)14(18)17(6-2)11(3)4/h7,9-11H,5-6,8H2,1-4H3,(H,15,16). The van der Waals surface area contributed by atoms with Crippen LogP contribution in [0.15, 0.2) is 18.3 Å². The Morgan fingerprint density at radius 3 is 2.72 bits per heavy atom. The average molecular weight is 249 g/mol. The van der Waals surface area contributed by atoms with Crippen molar-refractivity contribution in [1.29, 1.82) is 0 Å². The van der Waals surface area contributed by atoms with Gasteiger partial charge in [-0.25, -0.2) is 4.98 Å². The van der Waals surface area contributed by atoms with Crippen molar-refractivity contribution in [1.82, 2.24) is 9.88 Å². The summed E-state index contributed by atoms with van der Waals surface area (Å²) in [5, 5.41) is 3.19. The summed E-state index contributed by atoms with van der Waals surface area (Å²) < 4.78 is 0. The van der Waals surface area contributed by atoms with E-state index in [1.165, 1.54) is 0 Å². The molecule has 0 radical (unpaired) electrons. The molecule has 0 fully saturated rings. The minimum Gasteiger partial charge on any atom is -0.370 e. The smallest absolute Gasteiger partial charge is 0.254 e. The van der Waals surface area contributed by atoms with Gasteiger partial charge in [-0.15, -0.1) is 0 Å². The first-order valence-electron chi connectivity index (χ1n) is 6.61. The number of nitrogens with one attached hydrogen (secondary N) is 1. The molecule has 0 spiro atoms. The van der Waals surface area contributed by atoms with Crippen LogP contribution in [0.3, 0.4) is 0 Å². The van der Waals surface area contributed by atoms with Crippen LogP contribution < -0.4 is 5.32 Å². The first-order valence-corrected chi connectivity index (χ1v) is 6.61. The summed E-state index contributed by atoms with van der Waals surface area (Å²) in [5.74, 6) is 0.831. The molecule has 1 aromatic heterocycles. The molecule has 1 amide bonds. The fourth-order valence-electron chi connectivity index (χ4n) is 1.82. The van der Waals surface area contributed by atoms with E-state index >= 15 is 0 Å². The zero-order valence-electron chi connectivity index (χ0n) is 11.7. The third-order valence-corrected chi connectivity index (χ3v) is 2.79. The van der Waals surface area contributed by atoms with E-state index in [-0.39, 0.29) is 11.9 Å². The largest absolute Gasteiger partial charge is 0.370 e. The van der Waals surface area contributed by atoms with Crippen LogP contribution in [0.4, 0.5) is 5.82 Å². The third-order valence-electron chi connectivity index (χ3n) is 2.79. The maximum absolute atomic E-state index is 12.3. The van der Waals surface area contributed by atoms with Gasteiger partial charge in [0.2, 0.25) is 0 Å². The van der Waals surface area contributed by atoms with Crippen molar-refractivity contribution in [3.05, 3.63) is 23.9 Å². The first-order chi connectivity index (χ1) is 8.60. The number of aromatic nitrogens is 1. The highest BCUT2D eigenvalue weighted by Gasteiger charge is 2.17. The van der Waals surface area contributed by atoms with Gasteiger partial charge in [-0.1, -0.05) is 6.92 Å². The molecular weight excluding hydrogens is 226 g/mol. The molecule has 4 nitrogen and oxygen atoms in total. The number of nitrogens with zero attached hydrogens (tertiary/aromatic N) is 2. The van der Waals surface area contributed by atoms with Crippen LogP contribution in [-0.2, 0) is 0 Å². The summed E-state index contributed by atoms with van der Waals surface area (Å²) >= 11 is 0. The SMILES string of the molecule is CCCNc1cc(C(=O)N(CC)C(C)C)ccn1. The second-order valence-electron chi connectivity index (χ2n) is 4.54. The van der Waals surface area contributed by atoms with Crippen molar-refractivity contribution in [3.63, 3.8) is 0 Å². The summed E-state index contributed by atoms with van der Waals surface area (Å²) in [6.45, 7) is 9.73. The number of carbonyl (C=O) groups is 1. The maximum atomic E-state index is 12.3. The second kappa shape index (κ2) is 6.99. The Balaban J connectivity index is 2.85. The second-order valence-corrected chi connectivity index (χ2v) is 4.54. The third kappa shape index (κ3) is 3.72. The fourth-order valence-corrected chi connectivity index (χ4v) is 1.82. The molecule has 0 unspecified atom stereocenters. The highest BCUT2D eigenvalue weighted by molar-refractivity contribution is 5.95. The molecule has 0 saturated carbocycles. The van der Waals surface area contributed by atoms with Gasteiger partial charge in [0.1, 0.15) is 5.82 Å². The summed E-state index contributed by atoms with van der Waals surface area (Å²) in [6, 6.07) is 3.80. The quantitative estimate of drug-likeness (QED) is 0.843. The van der Waals surface area contributed by atoms with Gasteiger partial charge in [-0.2, -0.15) is 0 Å². The summed E-state index contributed by atoms with van der Waals surface area (Å²) in [6.07, 6.45) is 2.71. The van der Waals surface area contributed by atoms with Gasteiger partial charge < -0.3 is 10.2 Å². The Hall–Kier alpha value is -1.58. The van der Waals surface area contributed by atoms with Crippen molar-refractivity contribution in [3.8, 4) is 0 Å². The van der Waals surface area contributed by atoms with Crippen molar-refractivity contribution >= 4 is 11.7 Å². The predicted octanol–water partition coefficient (Wildman–Crippen LogP) is 2.77. The molecule has 1 heterocycles. The van der Waals surface area contributed by atoms with Crippen molar-refractivity contribution in [2.45, 2.75) is 40.2 Å². The molecule has 1 rings (SSSR count). The lowest BCUT2D eigenvalue weighted by Gasteiger charge is -2.25. The number of pyridine rings is 1. The summed E-state index contributed by atoms with van der Waals surface area (Å²) in [7, 11) is 0. The lowest BCUT2D eigenvalue weighted by Crippen LogP contribution is -2.36. The lowest BCUT2D eigenvalue weighted by molar-refractivity contribution is 0.0717. The van der Waals surface area contributed by atoms with Gasteiger partial charge >= 0.3 is 0 Å². The first kappa shape index (κ1) is 14.5. The molecule has 0 aliphatic carbocycles. The molecule has 0 aliphatic rings. The van der Waals surface area contributed by atoms with E-state index in [1.54, 1.807) is 12.3 Å². The van der Waals surface area contributed by atoms with Crippen molar-refractivity contribution < 1.29 is 4.79 Å². The molecule has 0 bridgehead atoms. The Bertz CT molecular complexity index is 390. The lowest BCUT2D eigenvalue weighted by atomic mass is 10.2. The Morgan fingerprint density at radius 2 is 2.17 bits per heavy atom. The van der Waals surface area contributed by atoms with E-state index in [1.807, 2.05) is 31.7 Å². The van der Waals surface area contributed by atoms with Crippen LogP contribution in [0.2, 0.25) is 0 Å². The highest BCUT2D eigenvalue weighted by atomic mass is 16.2. The topological polar surface area (TPSA) is 45.2 Å². The zero-order chi connectivity index (χ0) is 13.5. The Morgan fingerprint density at radius 1 is 1.44 bits per heavy atom. The zero-order valence-corrected chi connectivity index (χ0v) is 11.7. The molecule has 1 N–H and O–H groups in total. The molecule has 0 aromatic carbocycles. The number of amides is 1. The van der Waals surface area contributed by atoms with E-state index in [0.29, 0.717) is 5.56 Å². The van der Waals surface area contributed by atoms with E-state index in [0.717, 1.165) is 25.3 Å². The number of rotatable bonds is 6. The van der Waals surface area contributed by atoms with Crippen LogP contribution >= 0.6 is 0 Å². The average Bonchev–Trinajstić information content (AvgIpc) is 2.37. The molecule has 4 heteroatoms. The monoisotopic (exact) mass is 249 g/mol. The van der Waals surface area contributed by atoms with Crippen LogP contribution in [-0.4, -0.2) is 34.9 Å². The number of anilines is 1. The van der Waals surface area contributed by atoms with E-state index in [2.05, 4.69) is 17.2 Å². The van der Waals surface area contributed by atoms with Crippen LogP contribution in [0.1, 0.15) is 44.5 Å². The van der Waals surface area contributed by atoms with Crippen molar-refractivity contribution in [2.75, 3.05) is 18.4 Å². The summed E-state index contributed by atoms with van der Waals surface area (Å²) in [5.41, 5.74) is 0.694. The van der Waals surface area contributed by atoms with Crippen LogP contribution in [0, 0.1) is 0 Å². The highest BCUT2D eigenvalue weighted by Crippen LogP contribution is 2.11. The molecule has 0 aliphatic heterocycles. The Kier molecular flexibility index (Phi) is 5.62. The van der Waals surface area contributed by atoms with Crippen LogP contribution in [0.5, 0.6) is 0 Å². The molecule has 1 aromatic rings. The maximum Gasteiger partial charge on any atom is 0.254 e. The van der Waals surface area contributed by atoms with E-state index in [9.17, 15) is 4.79 Å². The molecule has 18 heavy (non-hydrogen) atoms. The number of carbonyl (C=O) groups excluding carboxylic acids is 1. The van der Waals surface area contributed by atoms with E-state index in [4.69, 9.17) is 0 Å². The number of hydrogen-bond acceptors (Lipinski definition) is 3. The minimum absolute atomic E-state index is 0.0643. The van der Waals surface area contributed by atoms with Gasteiger partial charge in [0.25, 0.3) is 5.91 Å². The molecule has 100 valence electrons. The fraction of sp³-hybridized carbons (Fsp3) is 0.571. The Labute approximate surface area is 109 Å². The van der Waals surface area contributed by atoms with Gasteiger partial charge in [-0.3, -0.25) is 4.79 Å². The summed E-state index contributed by atoms with van der Waals surface area (Å²) in [4.78, 5) is 18.4. The molecular formula is C14H23N3O. The van der Waals surface area contributed by atoms with Gasteiger partial charge in [0, 0.05) is 30.9 Å². The van der Waals surface area contributed by atoms with Crippen molar-refractivity contribution in [2.24, 2.45) is 0 Å². The molecule has 0 saturated heterocycles. The van der Waals surface area contributed by atoms with Crippen LogP contribution in [0.25, 0.3) is 0 Å². The number of hydrogen-bond donors (Lipinski definition) is 1. The minimum atomic E-state index is 0.0643. The van der Waals surface area contributed by atoms with E-state index < -0.39 is 0 Å². The van der Waals surface area contributed by atoms with Gasteiger partial charge in [0.15, 0.2) is 0 Å². The molecule has 0 atom stereocenters. The van der Waals surface area contributed by atoms with Gasteiger partial charge in [0.05, 0.1) is 0 Å². The predicted molar refractivity (Wildman–Crippen MR) is 74.9 cm³/mol.